The molecule has 0 aromatic carbocycles. The second kappa shape index (κ2) is 18.9. The summed E-state index contributed by atoms with van der Waals surface area (Å²) >= 11 is 0. The summed E-state index contributed by atoms with van der Waals surface area (Å²) in [7, 11) is 0. The lowest BCUT2D eigenvalue weighted by Crippen LogP contribution is -2.33. The Labute approximate surface area is 179 Å². The van der Waals surface area contributed by atoms with E-state index in [9.17, 15) is 4.79 Å². The molecule has 1 fully saturated rings. The Kier molecular flexibility index (Phi) is 16.9. The molecule has 1 rings (SSSR count). The van der Waals surface area contributed by atoms with E-state index in [0.717, 1.165) is 77.6 Å². The third kappa shape index (κ3) is 15.4. The summed E-state index contributed by atoms with van der Waals surface area (Å²) in [5.74, 6) is 0.566. The zero-order chi connectivity index (χ0) is 21.0. The van der Waals surface area contributed by atoms with Gasteiger partial charge >= 0.3 is 6.09 Å². The van der Waals surface area contributed by atoms with Crippen LogP contribution in [-0.2, 0) is 9.47 Å². The summed E-state index contributed by atoms with van der Waals surface area (Å²) in [6.45, 7) is 10.2. The van der Waals surface area contributed by atoms with Gasteiger partial charge in [0.1, 0.15) is 0 Å². The minimum Gasteiger partial charge on any atom is -0.450 e. The Morgan fingerprint density at radius 3 is 2.45 bits per heavy atom. The highest BCUT2D eigenvalue weighted by molar-refractivity contribution is 5.67. The Morgan fingerprint density at radius 2 is 1.69 bits per heavy atom. The summed E-state index contributed by atoms with van der Waals surface area (Å²) in [6.07, 6.45) is 17.1. The van der Waals surface area contributed by atoms with Gasteiger partial charge in [-0.1, -0.05) is 45.1 Å². The lowest BCUT2D eigenvalue weighted by molar-refractivity contribution is 0.0162. The van der Waals surface area contributed by atoms with E-state index in [1.165, 1.54) is 32.1 Å². The van der Waals surface area contributed by atoms with Crippen molar-refractivity contribution in [3.8, 4) is 0 Å². The highest BCUT2D eigenvalue weighted by atomic mass is 16.5. The van der Waals surface area contributed by atoms with Crippen LogP contribution in [0.5, 0.6) is 0 Å². The fourth-order valence-electron chi connectivity index (χ4n) is 3.76. The predicted octanol–water partition coefficient (Wildman–Crippen LogP) is 5.59. The lowest BCUT2D eigenvalue weighted by atomic mass is 9.87. The molecule has 0 unspecified atom stereocenters. The van der Waals surface area contributed by atoms with E-state index in [1.807, 2.05) is 6.08 Å². The van der Waals surface area contributed by atoms with Crippen LogP contribution >= 0.6 is 0 Å². The van der Waals surface area contributed by atoms with Gasteiger partial charge in [0.2, 0.25) is 0 Å². The zero-order valence-electron chi connectivity index (χ0n) is 18.9. The molecule has 5 nitrogen and oxygen atoms in total. The van der Waals surface area contributed by atoms with Crippen LogP contribution in [0.4, 0.5) is 4.79 Å². The van der Waals surface area contributed by atoms with Crippen molar-refractivity contribution in [2.45, 2.75) is 96.5 Å². The van der Waals surface area contributed by atoms with Gasteiger partial charge < -0.3 is 20.1 Å². The van der Waals surface area contributed by atoms with Gasteiger partial charge in [0.25, 0.3) is 0 Å². The van der Waals surface area contributed by atoms with Crippen LogP contribution in [0.3, 0.4) is 0 Å². The van der Waals surface area contributed by atoms with Gasteiger partial charge in [-0.15, -0.1) is 6.58 Å². The minimum atomic E-state index is -0.254. The number of nitrogens with one attached hydrogen (secondary N) is 2. The lowest BCUT2D eigenvalue weighted by Gasteiger charge is -2.28. The zero-order valence-corrected chi connectivity index (χ0v) is 18.9. The first-order chi connectivity index (χ1) is 14.3. The maximum Gasteiger partial charge on any atom is 0.407 e. The molecule has 0 bridgehead atoms. The highest BCUT2D eigenvalue weighted by Gasteiger charge is 2.22. The molecule has 2 N–H and O–H groups in total. The molecule has 1 aliphatic carbocycles. The topological polar surface area (TPSA) is 59.6 Å². The third-order valence-electron chi connectivity index (χ3n) is 5.69. The second-order valence-electron chi connectivity index (χ2n) is 8.33. The molecule has 29 heavy (non-hydrogen) atoms. The second-order valence-corrected chi connectivity index (χ2v) is 8.33. The number of alkyl carbamates (subject to hydrolysis) is 1. The Balaban J connectivity index is 1.89. The number of amides is 1. The molecule has 5 heteroatoms. The van der Waals surface area contributed by atoms with Crippen LogP contribution in [0.25, 0.3) is 0 Å². The van der Waals surface area contributed by atoms with E-state index in [-0.39, 0.29) is 6.09 Å². The molecule has 0 saturated heterocycles. The molecular formula is C24H46N2O3. The molecule has 170 valence electrons. The van der Waals surface area contributed by atoms with Crippen molar-refractivity contribution >= 4 is 6.09 Å². The fourth-order valence-corrected chi connectivity index (χ4v) is 3.76. The average Bonchev–Trinajstić information content (AvgIpc) is 2.74. The van der Waals surface area contributed by atoms with Crippen LogP contribution in [0.15, 0.2) is 12.7 Å². The van der Waals surface area contributed by atoms with Gasteiger partial charge in [-0.2, -0.15) is 0 Å². The van der Waals surface area contributed by atoms with Crippen molar-refractivity contribution in [3.05, 3.63) is 12.7 Å². The molecule has 0 heterocycles. The van der Waals surface area contributed by atoms with E-state index in [2.05, 4.69) is 24.1 Å². The molecular weight excluding hydrogens is 364 g/mol. The van der Waals surface area contributed by atoms with Crippen LogP contribution in [-0.4, -0.2) is 45.0 Å². The van der Waals surface area contributed by atoms with Crippen molar-refractivity contribution in [2.75, 3.05) is 32.8 Å². The molecule has 1 aliphatic rings. The number of rotatable bonds is 18. The molecule has 1 saturated carbocycles. The van der Waals surface area contributed by atoms with Gasteiger partial charge in [0, 0.05) is 13.2 Å². The van der Waals surface area contributed by atoms with Crippen molar-refractivity contribution in [1.29, 1.82) is 0 Å². The summed E-state index contributed by atoms with van der Waals surface area (Å²) < 4.78 is 11.3. The third-order valence-corrected chi connectivity index (χ3v) is 5.69. The Morgan fingerprint density at radius 1 is 0.966 bits per heavy atom. The molecule has 0 aliphatic heterocycles. The van der Waals surface area contributed by atoms with Crippen molar-refractivity contribution in [2.24, 2.45) is 5.92 Å². The highest BCUT2D eigenvalue weighted by Crippen LogP contribution is 2.26. The number of ether oxygens (including phenoxy) is 2. The molecule has 1 amide bonds. The monoisotopic (exact) mass is 410 g/mol. The van der Waals surface area contributed by atoms with Crippen LogP contribution in [0.2, 0.25) is 0 Å². The van der Waals surface area contributed by atoms with E-state index in [1.54, 1.807) is 0 Å². The van der Waals surface area contributed by atoms with Crippen molar-refractivity contribution < 1.29 is 14.3 Å². The first-order valence-corrected chi connectivity index (χ1v) is 12.1. The Hall–Kier alpha value is -1.07. The number of carbonyl (C=O) groups is 1. The predicted molar refractivity (Wildman–Crippen MR) is 121 cm³/mol. The van der Waals surface area contributed by atoms with Gasteiger partial charge in [-0.25, -0.2) is 4.79 Å². The summed E-state index contributed by atoms with van der Waals surface area (Å²) in [5, 5.41) is 6.36. The van der Waals surface area contributed by atoms with Crippen LogP contribution in [0.1, 0.15) is 90.4 Å². The number of carbonyl (C=O) groups excluding carboxylic acids is 1. The molecule has 0 radical (unpaired) electrons. The Bertz CT molecular complexity index is 396. The summed E-state index contributed by atoms with van der Waals surface area (Å²) in [4.78, 5) is 11.7. The van der Waals surface area contributed by atoms with E-state index < -0.39 is 0 Å². The first kappa shape index (κ1) is 26.0. The van der Waals surface area contributed by atoms with Crippen molar-refractivity contribution in [3.63, 3.8) is 0 Å². The molecule has 0 aromatic heterocycles. The molecule has 0 aromatic rings. The van der Waals surface area contributed by atoms with E-state index >= 15 is 0 Å². The normalized spacial score (nSPS) is 19.1. The SMILES string of the molecule is C=CCCNCCCCCCOC1CCC(CNC(=O)OCCCCCC)CC1. The minimum absolute atomic E-state index is 0.254. The number of hydrogen-bond donors (Lipinski definition) is 2. The smallest absolute Gasteiger partial charge is 0.407 e. The van der Waals surface area contributed by atoms with Gasteiger partial charge in [-0.3, -0.25) is 0 Å². The quantitative estimate of drug-likeness (QED) is 0.228. The maximum absolute atomic E-state index is 11.7. The molecule has 0 atom stereocenters. The summed E-state index contributed by atoms with van der Waals surface area (Å²) in [6, 6.07) is 0. The number of unbranched alkanes of at least 4 members (excludes halogenated alkanes) is 6. The summed E-state index contributed by atoms with van der Waals surface area (Å²) in [5.41, 5.74) is 0. The number of hydrogen-bond acceptors (Lipinski definition) is 4. The standard InChI is InChI=1S/C24H46N2O3/c1-3-5-7-11-20-29-24(27)26-21-22-13-15-23(16-14-22)28-19-12-9-8-10-18-25-17-6-4-2/h4,22-23,25H,2-3,5-21H2,1H3,(H,26,27). The van der Waals surface area contributed by atoms with E-state index in [4.69, 9.17) is 9.47 Å². The average molecular weight is 411 g/mol. The van der Waals surface area contributed by atoms with Gasteiger partial charge in [0.15, 0.2) is 0 Å². The van der Waals surface area contributed by atoms with E-state index in [0.29, 0.717) is 18.6 Å². The molecule has 0 spiro atoms. The van der Waals surface area contributed by atoms with Gasteiger partial charge in [-0.05, 0) is 70.4 Å². The van der Waals surface area contributed by atoms with Gasteiger partial charge in [0.05, 0.1) is 12.7 Å². The fraction of sp³-hybridized carbons (Fsp3) is 0.875. The van der Waals surface area contributed by atoms with Crippen LogP contribution in [0, 0.1) is 5.92 Å². The maximum atomic E-state index is 11.7. The van der Waals surface area contributed by atoms with Crippen molar-refractivity contribution in [1.82, 2.24) is 10.6 Å². The first-order valence-electron chi connectivity index (χ1n) is 12.1. The largest absolute Gasteiger partial charge is 0.450 e. The van der Waals surface area contributed by atoms with Crippen LogP contribution < -0.4 is 10.6 Å².